The van der Waals surface area contributed by atoms with Crippen LogP contribution in [0.25, 0.3) is 0 Å². The Kier molecular flexibility index (Phi) is 5.36. The van der Waals surface area contributed by atoms with Gasteiger partial charge in [-0.15, -0.1) is 0 Å². The summed E-state index contributed by atoms with van der Waals surface area (Å²) in [6.45, 7) is 6.32. The lowest BCUT2D eigenvalue weighted by Gasteiger charge is -2.32. The SMILES string of the molecule is CCC1(C)CCN(C(=O)C2CCN(S(=O)(=O)c3ccc(C(=O)O)o3)CC2)C1. The van der Waals surface area contributed by atoms with Crippen LogP contribution in [0.4, 0.5) is 0 Å². The van der Waals surface area contributed by atoms with Gasteiger partial charge in [0.1, 0.15) is 0 Å². The normalized spacial score (nSPS) is 25.0. The second-order valence-electron chi connectivity index (χ2n) is 7.78. The zero-order chi connectivity index (χ0) is 19.8. The summed E-state index contributed by atoms with van der Waals surface area (Å²) >= 11 is 0. The molecule has 27 heavy (non-hydrogen) atoms. The van der Waals surface area contributed by atoms with E-state index in [0.717, 1.165) is 38.1 Å². The minimum Gasteiger partial charge on any atom is -0.475 e. The maximum Gasteiger partial charge on any atom is 0.371 e. The van der Waals surface area contributed by atoms with E-state index < -0.39 is 21.8 Å². The van der Waals surface area contributed by atoms with Crippen LogP contribution in [0, 0.1) is 11.3 Å². The molecule has 0 aliphatic carbocycles. The average molecular weight is 398 g/mol. The molecule has 2 fully saturated rings. The van der Waals surface area contributed by atoms with Gasteiger partial charge in [-0.05, 0) is 43.2 Å². The first-order valence-electron chi connectivity index (χ1n) is 9.28. The number of likely N-dealkylation sites (tertiary alicyclic amines) is 1. The molecule has 1 amide bonds. The molecule has 0 spiro atoms. The van der Waals surface area contributed by atoms with Gasteiger partial charge in [0.25, 0.3) is 10.0 Å². The van der Waals surface area contributed by atoms with Crippen LogP contribution in [-0.4, -0.2) is 60.8 Å². The molecule has 3 rings (SSSR count). The van der Waals surface area contributed by atoms with Crippen molar-refractivity contribution < 1.29 is 27.5 Å². The molecular formula is C18H26N2O6S. The third kappa shape index (κ3) is 3.89. The summed E-state index contributed by atoms with van der Waals surface area (Å²) in [6.07, 6.45) is 2.97. The molecule has 150 valence electrons. The fraction of sp³-hybridized carbons (Fsp3) is 0.667. The lowest BCUT2D eigenvalue weighted by Crippen LogP contribution is -2.44. The van der Waals surface area contributed by atoms with E-state index >= 15 is 0 Å². The summed E-state index contributed by atoms with van der Waals surface area (Å²) in [6, 6.07) is 2.29. The molecule has 1 aromatic rings. The van der Waals surface area contributed by atoms with Gasteiger partial charge in [0, 0.05) is 32.1 Å². The topological polar surface area (TPSA) is 108 Å². The van der Waals surface area contributed by atoms with E-state index in [1.54, 1.807) is 0 Å². The number of furan rings is 1. The Balaban J connectivity index is 1.61. The molecule has 0 aromatic carbocycles. The number of rotatable bonds is 5. The smallest absolute Gasteiger partial charge is 0.371 e. The predicted octanol–water partition coefficient (Wildman–Crippen LogP) is 2.03. The van der Waals surface area contributed by atoms with Gasteiger partial charge >= 0.3 is 5.97 Å². The molecular weight excluding hydrogens is 372 g/mol. The molecule has 0 bridgehead atoms. The number of carbonyl (C=O) groups is 2. The summed E-state index contributed by atoms with van der Waals surface area (Å²) < 4.78 is 31.5. The Hall–Kier alpha value is -1.87. The maximum absolute atomic E-state index is 12.8. The molecule has 1 N–H and O–H groups in total. The van der Waals surface area contributed by atoms with Crippen molar-refractivity contribution in [1.29, 1.82) is 0 Å². The van der Waals surface area contributed by atoms with Gasteiger partial charge in [-0.1, -0.05) is 13.8 Å². The van der Waals surface area contributed by atoms with Crippen molar-refractivity contribution >= 4 is 21.9 Å². The van der Waals surface area contributed by atoms with Crippen molar-refractivity contribution in [2.24, 2.45) is 11.3 Å². The van der Waals surface area contributed by atoms with E-state index in [1.165, 1.54) is 4.31 Å². The number of aromatic carboxylic acids is 1. The molecule has 2 saturated heterocycles. The van der Waals surface area contributed by atoms with Crippen molar-refractivity contribution in [3.8, 4) is 0 Å². The first kappa shape index (κ1) is 19.9. The van der Waals surface area contributed by atoms with Gasteiger partial charge in [-0.2, -0.15) is 4.31 Å². The van der Waals surface area contributed by atoms with Crippen LogP contribution in [0.3, 0.4) is 0 Å². The van der Waals surface area contributed by atoms with E-state index in [9.17, 15) is 18.0 Å². The van der Waals surface area contributed by atoms with Crippen LogP contribution in [0.15, 0.2) is 21.6 Å². The van der Waals surface area contributed by atoms with E-state index in [1.807, 2.05) is 4.90 Å². The molecule has 1 atom stereocenters. The molecule has 2 aliphatic rings. The number of carboxylic acid groups (broad SMARTS) is 1. The van der Waals surface area contributed by atoms with E-state index in [-0.39, 0.29) is 35.4 Å². The molecule has 9 heteroatoms. The zero-order valence-corrected chi connectivity index (χ0v) is 16.5. The number of hydrogen-bond donors (Lipinski definition) is 1. The molecule has 3 heterocycles. The van der Waals surface area contributed by atoms with Crippen molar-refractivity contribution in [2.75, 3.05) is 26.2 Å². The zero-order valence-electron chi connectivity index (χ0n) is 15.7. The number of sulfonamides is 1. The summed E-state index contributed by atoms with van der Waals surface area (Å²) in [5.41, 5.74) is 0.181. The van der Waals surface area contributed by atoms with Gasteiger partial charge in [-0.3, -0.25) is 4.79 Å². The number of amides is 1. The summed E-state index contributed by atoms with van der Waals surface area (Å²) in [7, 11) is -3.89. The molecule has 1 unspecified atom stereocenters. The lowest BCUT2D eigenvalue weighted by atomic mass is 9.87. The largest absolute Gasteiger partial charge is 0.475 e. The Bertz CT molecular complexity index is 825. The highest BCUT2D eigenvalue weighted by molar-refractivity contribution is 7.89. The first-order valence-corrected chi connectivity index (χ1v) is 10.7. The Morgan fingerprint density at radius 2 is 1.93 bits per heavy atom. The minimum absolute atomic E-state index is 0.121. The Morgan fingerprint density at radius 3 is 2.44 bits per heavy atom. The molecule has 0 radical (unpaired) electrons. The monoisotopic (exact) mass is 398 g/mol. The predicted molar refractivity (Wildman–Crippen MR) is 96.7 cm³/mol. The number of piperidine rings is 1. The third-order valence-electron chi connectivity index (χ3n) is 5.91. The van der Waals surface area contributed by atoms with E-state index in [4.69, 9.17) is 9.52 Å². The standard InChI is InChI=1S/C18H26N2O6S/c1-3-18(2)8-11-19(12-18)16(21)13-6-9-20(10-7-13)27(24,25)15-5-4-14(26-15)17(22)23/h4-5,13H,3,6-12H2,1-2H3,(H,22,23). The van der Waals surface area contributed by atoms with Gasteiger partial charge in [0.2, 0.25) is 16.8 Å². The van der Waals surface area contributed by atoms with Gasteiger partial charge in [0.15, 0.2) is 0 Å². The number of hydrogen-bond acceptors (Lipinski definition) is 5. The Morgan fingerprint density at radius 1 is 1.26 bits per heavy atom. The molecule has 2 aliphatic heterocycles. The average Bonchev–Trinajstić information content (AvgIpc) is 3.29. The maximum atomic E-state index is 12.8. The molecule has 0 saturated carbocycles. The van der Waals surface area contributed by atoms with Crippen LogP contribution in [0.1, 0.15) is 50.1 Å². The van der Waals surface area contributed by atoms with Gasteiger partial charge in [-0.25, -0.2) is 13.2 Å². The first-order chi connectivity index (χ1) is 12.7. The summed E-state index contributed by atoms with van der Waals surface area (Å²) in [5, 5.41) is 8.51. The minimum atomic E-state index is -3.89. The highest BCUT2D eigenvalue weighted by Crippen LogP contribution is 2.35. The summed E-state index contributed by atoms with van der Waals surface area (Å²) in [5.74, 6) is -1.77. The van der Waals surface area contributed by atoms with Crippen molar-refractivity contribution in [3.05, 3.63) is 17.9 Å². The molecule has 1 aromatic heterocycles. The van der Waals surface area contributed by atoms with Gasteiger partial charge in [0.05, 0.1) is 0 Å². The Labute approximate surface area is 159 Å². The van der Waals surface area contributed by atoms with E-state index in [2.05, 4.69) is 13.8 Å². The second-order valence-corrected chi connectivity index (χ2v) is 9.65. The highest BCUT2D eigenvalue weighted by atomic mass is 32.2. The quantitative estimate of drug-likeness (QED) is 0.813. The number of carbonyl (C=O) groups excluding carboxylic acids is 1. The number of carboxylic acids is 1. The third-order valence-corrected chi connectivity index (χ3v) is 7.69. The van der Waals surface area contributed by atoms with Crippen LogP contribution in [0.5, 0.6) is 0 Å². The lowest BCUT2D eigenvalue weighted by molar-refractivity contribution is -0.136. The van der Waals surface area contributed by atoms with Crippen molar-refractivity contribution in [2.45, 2.75) is 44.6 Å². The van der Waals surface area contributed by atoms with Gasteiger partial charge < -0.3 is 14.4 Å². The van der Waals surface area contributed by atoms with Crippen molar-refractivity contribution in [3.63, 3.8) is 0 Å². The van der Waals surface area contributed by atoms with Crippen LogP contribution >= 0.6 is 0 Å². The van der Waals surface area contributed by atoms with Crippen LogP contribution in [0.2, 0.25) is 0 Å². The molecule has 8 nitrogen and oxygen atoms in total. The fourth-order valence-electron chi connectivity index (χ4n) is 3.80. The highest BCUT2D eigenvalue weighted by Gasteiger charge is 2.39. The fourth-order valence-corrected chi connectivity index (χ4v) is 5.18. The number of nitrogens with zero attached hydrogens (tertiary/aromatic N) is 2. The second kappa shape index (κ2) is 7.27. The van der Waals surface area contributed by atoms with E-state index in [0.29, 0.717) is 12.8 Å². The van der Waals surface area contributed by atoms with Crippen molar-refractivity contribution in [1.82, 2.24) is 9.21 Å². The van der Waals surface area contributed by atoms with Crippen LogP contribution in [-0.2, 0) is 14.8 Å². The van der Waals surface area contributed by atoms with Crippen LogP contribution < -0.4 is 0 Å². The summed E-state index contributed by atoms with van der Waals surface area (Å²) in [4.78, 5) is 25.6.